The molecule has 0 saturated carbocycles. The zero-order chi connectivity index (χ0) is 24.3. The van der Waals surface area contributed by atoms with Gasteiger partial charge in [0.25, 0.3) is 11.8 Å². The van der Waals surface area contributed by atoms with Crippen molar-refractivity contribution in [2.24, 2.45) is 5.10 Å². The minimum atomic E-state index is -0.272. The lowest BCUT2D eigenvalue weighted by Crippen LogP contribution is -2.31. The van der Waals surface area contributed by atoms with Gasteiger partial charge in [-0.15, -0.1) is 11.8 Å². The summed E-state index contributed by atoms with van der Waals surface area (Å²) < 4.78 is 5.57. The first kappa shape index (κ1) is 25.1. The Morgan fingerprint density at radius 2 is 1.65 bits per heavy atom. The minimum absolute atomic E-state index is 0.0722. The number of aryl methyl sites for hydroxylation is 1. The molecule has 0 spiro atoms. The van der Waals surface area contributed by atoms with Crippen LogP contribution >= 0.6 is 11.8 Å². The molecule has 0 aromatic heterocycles. The summed E-state index contributed by atoms with van der Waals surface area (Å²) in [6, 6.07) is 24.8. The van der Waals surface area contributed by atoms with E-state index >= 15 is 0 Å². The molecular formula is C27H29N3O3S. The van der Waals surface area contributed by atoms with Crippen molar-refractivity contribution in [2.45, 2.75) is 37.0 Å². The van der Waals surface area contributed by atoms with Crippen LogP contribution in [-0.4, -0.2) is 29.9 Å². The molecule has 3 rings (SSSR count). The predicted molar refractivity (Wildman–Crippen MR) is 137 cm³/mol. The number of nitrogens with zero attached hydrogens (tertiary/aromatic N) is 1. The Labute approximate surface area is 204 Å². The van der Waals surface area contributed by atoms with Crippen LogP contribution < -0.4 is 15.5 Å². The van der Waals surface area contributed by atoms with Gasteiger partial charge in [-0.2, -0.15) is 5.10 Å². The minimum Gasteiger partial charge on any atom is -0.484 e. The van der Waals surface area contributed by atoms with E-state index in [-0.39, 0.29) is 29.7 Å². The van der Waals surface area contributed by atoms with Crippen LogP contribution in [0.2, 0.25) is 0 Å². The first-order chi connectivity index (χ1) is 16.4. The van der Waals surface area contributed by atoms with Crippen LogP contribution in [0.3, 0.4) is 0 Å². The van der Waals surface area contributed by atoms with Crippen LogP contribution in [0.1, 0.15) is 36.6 Å². The molecule has 0 aliphatic rings. The van der Waals surface area contributed by atoms with Gasteiger partial charge in [-0.05, 0) is 68.3 Å². The molecule has 0 radical (unpaired) electrons. The SMILES string of the molecule is Cc1ccc(S[C@@H](C)C(=O)N/N=C\c2ccc(OCC(=O)N[C@@H](C)c3ccccc3)cc2)cc1. The molecule has 0 saturated heterocycles. The molecule has 34 heavy (non-hydrogen) atoms. The Morgan fingerprint density at radius 1 is 0.971 bits per heavy atom. The van der Waals surface area contributed by atoms with E-state index in [9.17, 15) is 9.59 Å². The molecule has 2 amide bonds. The highest BCUT2D eigenvalue weighted by Gasteiger charge is 2.13. The predicted octanol–water partition coefficient (Wildman–Crippen LogP) is 4.88. The second-order valence-electron chi connectivity index (χ2n) is 7.86. The quantitative estimate of drug-likeness (QED) is 0.249. The Hall–Kier alpha value is -3.58. The third-order valence-electron chi connectivity index (χ3n) is 5.02. The summed E-state index contributed by atoms with van der Waals surface area (Å²) in [7, 11) is 0. The van der Waals surface area contributed by atoms with Gasteiger partial charge in [0.05, 0.1) is 17.5 Å². The zero-order valence-electron chi connectivity index (χ0n) is 19.5. The zero-order valence-corrected chi connectivity index (χ0v) is 20.3. The van der Waals surface area contributed by atoms with Gasteiger partial charge in [-0.3, -0.25) is 9.59 Å². The largest absolute Gasteiger partial charge is 0.484 e. The maximum Gasteiger partial charge on any atom is 0.258 e. The third-order valence-corrected chi connectivity index (χ3v) is 6.13. The highest BCUT2D eigenvalue weighted by Crippen LogP contribution is 2.23. The Kier molecular flexibility index (Phi) is 9.29. The van der Waals surface area contributed by atoms with Gasteiger partial charge in [0, 0.05) is 4.90 Å². The lowest BCUT2D eigenvalue weighted by atomic mass is 10.1. The lowest BCUT2D eigenvalue weighted by molar-refractivity contribution is -0.123. The highest BCUT2D eigenvalue weighted by atomic mass is 32.2. The van der Waals surface area contributed by atoms with Gasteiger partial charge in [-0.1, -0.05) is 48.0 Å². The first-order valence-electron chi connectivity index (χ1n) is 11.0. The molecule has 0 fully saturated rings. The van der Waals surface area contributed by atoms with Crippen molar-refractivity contribution < 1.29 is 14.3 Å². The summed E-state index contributed by atoms with van der Waals surface area (Å²) in [5.41, 5.74) is 5.59. The van der Waals surface area contributed by atoms with Crippen LogP contribution in [0.4, 0.5) is 0 Å². The van der Waals surface area contributed by atoms with Gasteiger partial charge in [0.2, 0.25) is 0 Å². The number of carbonyl (C=O) groups is 2. The highest BCUT2D eigenvalue weighted by molar-refractivity contribution is 8.00. The first-order valence-corrected chi connectivity index (χ1v) is 11.9. The van der Waals surface area contributed by atoms with E-state index in [4.69, 9.17) is 4.74 Å². The number of amides is 2. The molecule has 2 atom stereocenters. The van der Waals surface area contributed by atoms with Gasteiger partial charge in [0.1, 0.15) is 5.75 Å². The van der Waals surface area contributed by atoms with Crippen molar-refractivity contribution in [2.75, 3.05) is 6.61 Å². The molecule has 2 N–H and O–H groups in total. The molecule has 0 bridgehead atoms. The average molecular weight is 476 g/mol. The van der Waals surface area contributed by atoms with E-state index < -0.39 is 0 Å². The van der Waals surface area contributed by atoms with Crippen LogP contribution in [0.15, 0.2) is 88.9 Å². The fourth-order valence-electron chi connectivity index (χ4n) is 3.04. The molecule has 3 aromatic carbocycles. The Morgan fingerprint density at radius 3 is 2.32 bits per heavy atom. The summed E-state index contributed by atoms with van der Waals surface area (Å²) in [4.78, 5) is 25.5. The van der Waals surface area contributed by atoms with E-state index in [0.717, 1.165) is 16.0 Å². The molecular weight excluding hydrogens is 446 g/mol. The summed E-state index contributed by atoms with van der Waals surface area (Å²) in [5.74, 6) is 0.215. The summed E-state index contributed by atoms with van der Waals surface area (Å²) in [5, 5.41) is 6.68. The van der Waals surface area contributed by atoms with E-state index in [1.54, 1.807) is 30.5 Å². The molecule has 0 heterocycles. The van der Waals surface area contributed by atoms with Gasteiger partial charge in [-0.25, -0.2) is 5.43 Å². The second-order valence-corrected chi connectivity index (χ2v) is 9.28. The number of rotatable bonds is 10. The van der Waals surface area contributed by atoms with E-state index in [1.807, 2.05) is 75.4 Å². The lowest BCUT2D eigenvalue weighted by Gasteiger charge is -2.14. The Balaban J connectivity index is 1.41. The van der Waals surface area contributed by atoms with E-state index in [2.05, 4.69) is 15.8 Å². The van der Waals surface area contributed by atoms with Crippen LogP contribution in [-0.2, 0) is 9.59 Å². The maximum atomic E-state index is 12.3. The fourth-order valence-corrected chi connectivity index (χ4v) is 3.90. The number of benzene rings is 3. The molecule has 7 heteroatoms. The monoisotopic (exact) mass is 475 g/mol. The number of hydrogen-bond donors (Lipinski definition) is 2. The standard InChI is InChI=1S/C27H29N3O3S/c1-19-9-15-25(16-10-19)34-21(3)27(32)30-28-17-22-11-13-24(14-12-22)33-18-26(31)29-20(2)23-7-5-4-6-8-23/h4-17,20-21H,18H2,1-3H3,(H,29,31)(H,30,32)/b28-17-/t20-,21-/m0/s1. The number of carbonyl (C=O) groups excluding carboxylic acids is 2. The van der Waals surface area contributed by atoms with Crippen LogP contribution in [0.5, 0.6) is 5.75 Å². The van der Waals surface area contributed by atoms with E-state index in [1.165, 1.54) is 17.3 Å². The number of hydrogen-bond acceptors (Lipinski definition) is 5. The van der Waals surface area contributed by atoms with Crippen molar-refractivity contribution in [3.63, 3.8) is 0 Å². The second kappa shape index (κ2) is 12.6. The van der Waals surface area contributed by atoms with Crippen molar-refractivity contribution in [1.82, 2.24) is 10.7 Å². The fraction of sp³-hybridized carbons (Fsp3) is 0.222. The molecule has 6 nitrogen and oxygen atoms in total. The van der Waals surface area contributed by atoms with Crippen molar-refractivity contribution in [3.05, 3.63) is 95.6 Å². The summed E-state index contributed by atoms with van der Waals surface area (Å²) in [6.07, 6.45) is 1.57. The Bertz CT molecular complexity index is 1100. The maximum absolute atomic E-state index is 12.3. The number of ether oxygens (including phenoxy) is 1. The van der Waals surface area contributed by atoms with E-state index in [0.29, 0.717) is 5.75 Å². The summed E-state index contributed by atoms with van der Waals surface area (Å²) >= 11 is 1.48. The smallest absolute Gasteiger partial charge is 0.258 e. The molecule has 3 aromatic rings. The molecule has 176 valence electrons. The van der Waals surface area contributed by atoms with Crippen molar-refractivity contribution >= 4 is 29.8 Å². The number of thioether (sulfide) groups is 1. The van der Waals surface area contributed by atoms with Gasteiger partial charge >= 0.3 is 0 Å². The molecule has 0 unspecified atom stereocenters. The number of hydrazone groups is 1. The van der Waals surface area contributed by atoms with Gasteiger partial charge < -0.3 is 10.1 Å². The van der Waals surface area contributed by atoms with Crippen molar-refractivity contribution in [3.8, 4) is 5.75 Å². The summed E-state index contributed by atoms with van der Waals surface area (Å²) in [6.45, 7) is 5.74. The molecule has 0 aliphatic carbocycles. The normalized spacial score (nSPS) is 12.7. The van der Waals surface area contributed by atoms with Gasteiger partial charge in [0.15, 0.2) is 6.61 Å². The number of nitrogens with one attached hydrogen (secondary N) is 2. The molecule has 0 aliphatic heterocycles. The van der Waals surface area contributed by atoms with Crippen LogP contribution in [0.25, 0.3) is 0 Å². The topological polar surface area (TPSA) is 79.8 Å². The van der Waals surface area contributed by atoms with Crippen molar-refractivity contribution in [1.29, 1.82) is 0 Å². The van der Waals surface area contributed by atoms with Crippen LogP contribution in [0, 0.1) is 6.92 Å². The average Bonchev–Trinajstić information content (AvgIpc) is 2.85. The third kappa shape index (κ3) is 8.08.